The smallest absolute Gasteiger partial charge is 0.302 e. The minimum Gasteiger partial charge on any atom is -0.461 e. The molecule has 1 atom stereocenters. The molecule has 2 aromatic carbocycles. The van der Waals surface area contributed by atoms with Gasteiger partial charge in [0, 0.05) is 24.6 Å². The molecule has 0 spiro atoms. The molecule has 9 heteroatoms. The molecule has 3 N–H and O–H groups in total. The Labute approximate surface area is 190 Å². The summed E-state index contributed by atoms with van der Waals surface area (Å²) in [6, 6.07) is 13.2. The van der Waals surface area contributed by atoms with Crippen molar-refractivity contribution in [1.29, 1.82) is 0 Å². The summed E-state index contributed by atoms with van der Waals surface area (Å²) in [6.07, 6.45) is 0.0420. The molecule has 0 aliphatic heterocycles. The van der Waals surface area contributed by atoms with Crippen molar-refractivity contribution in [1.82, 2.24) is 5.32 Å². The van der Waals surface area contributed by atoms with Crippen LogP contribution in [-0.2, 0) is 26.3 Å². The lowest BCUT2D eigenvalue weighted by Crippen LogP contribution is -2.38. The van der Waals surface area contributed by atoms with E-state index in [1.807, 2.05) is 64.1 Å². The number of para-hydroxylation sites is 1. The lowest BCUT2D eigenvalue weighted by Gasteiger charge is -2.23. The molecule has 0 fully saturated rings. The van der Waals surface area contributed by atoms with Crippen LogP contribution in [0.4, 0.5) is 0 Å². The Hall–Kier alpha value is -2.46. The topological polar surface area (TPSA) is 122 Å². The minimum absolute atomic E-state index is 0.0871. The van der Waals surface area contributed by atoms with E-state index in [4.69, 9.17) is 14.0 Å². The number of ether oxygens (including phenoxy) is 2. The van der Waals surface area contributed by atoms with Gasteiger partial charge in [0.15, 0.2) is 0 Å². The van der Waals surface area contributed by atoms with Gasteiger partial charge in [-0.25, -0.2) is 0 Å². The highest BCUT2D eigenvalue weighted by molar-refractivity contribution is 7.85. The Morgan fingerprint density at radius 3 is 2.25 bits per heavy atom. The number of benzene rings is 2. The van der Waals surface area contributed by atoms with Crippen LogP contribution < -0.4 is 10.1 Å². The van der Waals surface area contributed by atoms with Crippen LogP contribution in [0.15, 0.2) is 42.5 Å². The van der Waals surface area contributed by atoms with Gasteiger partial charge in [-0.05, 0) is 57.0 Å². The molecular formula is C23H33NO7S. The Kier molecular flexibility index (Phi) is 10.3. The number of nitrogens with one attached hydrogen (secondary N) is 1. The lowest BCUT2D eigenvalue weighted by molar-refractivity contribution is -0.142. The number of esters is 1. The molecule has 8 nitrogen and oxygen atoms in total. The predicted octanol–water partition coefficient (Wildman–Crippen LogP) is 3.78. The van der Waals surface area contributed by atoms with E-state index in [2.05, 4.69) is 5.32 Å². The van der Waals surface area contributed by atoms with Crippen molar-refractivity contribution >= 4 is 16.1 Å². The molecule has 0 bridgehead atoms. The summed E-state index contributed by atoms with van der Waals surface area (Å²) >= 11 is 0. The van der Waals surface area contributed by atoms with Gasteiger partial charge in [-0.2, -0.15) is 8.42 Å². The van der Waals surface area contributed by atoms with Gasteiger partial charge >= 0.3 is 5.97 Å². The third kappa shape index (κ3) is 11.8. The van der Waals surface area contributed by atoms with E-state index in [1.165, 1.54) is 6.92 Å². The number of aliphatic hydroxyl groups is 1. The van der Waals surface area contributed by atoms with Crippen molar-refractivity contribution in [2.75, 3.05) is 12.8 Å². The third-order valence-electron chi connectivity index (χ3n) is 4.04. The second-order valence-corrected chi connectivity index (χ2v) is 9.86. The van der Waals surface area contributed by atoms with E-state index >= 15 is 0 Å². The monoisotopic (exact) mass is 467 g/mol. The Morgan fingerprint density at radius 2 is 1.72 bits per heavy atom. The van der Waals surface area contributed by atoms with Crippen LogP contribution in [0, 0.1) is 6.92 Å². The van der Waals surface area contributed by atoms with Crippen molar-refractivity contribution in [3.63, 3.8) is 0 Å². The normalized spacial score (nSPS) is 12.4. The average molecular weight is 468 g/mol. The zero-order valence-corrected chi connectivity index (χ0v) is 20.2. The number of hydrogen-bond donors (Lipinski definition) is 3. The van der Waals surface area contributed by atoms with Gasteiger partial charge in [-0.3, -0.25) is 9.35 Å². The number of hydrogen-bond acceptors (Lipinski definition) is 7. The zero-order valence-electron chi connectivity index (χ0n) is 19.4. The fourth-order valence-electron chi connectivity index (χ4n) is 2.51. The highest BCUT2D eigenvalue weighted by Gasteiger charge is 2.16. The maximum atomic E-state index is 11.3. The zero-order chi connectivity index (χ0) is 24.5. The third-order valence-corrected chi connectivity index (χ3v) is 4.04. The molecule has 1 unspecified atom stereocenters. The van der Waals surface area contributed by atoms with Crippen molar-refractivity contribution in [2.24, 2.45) is 0 Å². The van der Waals surface area contributed by atoms with Crippen LogP contribution in [0.1, 0.15) is 50.5 Å². The summed E-state index contributed by atoms with van der Waals surface area (Å²) in [5.41, 5.74) is 2.37. The van der Waals surface area contributed by atoms with Gasteiger partial charge in [0.25, 0.3) is 10.1 Å². The number of carbonyl (C=O) groups is 1. The van der Waals surface area contributed by atoms with Gasteiger partial charge in [-0.1, -0.05) is 24.3 Å². The fraction of sp³-hybridized carbons (Fsp3) is 0.435. The quantitative estimate of drug-likeness (QED) is 0.415. The van der Waals surface area contributed by atoms with E-state index in [0.717, 1.165) is 16.9 Å². The second-order valence-electron chi connectivity index (χ2n) is 8.39. The van der Waals surface area contributed by atoms with Gasteiger partial charge in [-0.15, -0.1) is 0 Å². The first-order valence-electron chi connectivity index (χ1n) is 10.0. The summed E-state index contributed by atoms with van der Waals surface area (Å²) in [5.74, 6) is 0.978. The molecule has 0 saturated carbocycles. The summed E-state index contributed by atoms with van der Waals surface area (Å²) in [5, 5.41) is 13.8. The molecule has 0 saturated heterocycles. The molecule has 2 rings (SSSR count). The molecule has 0 heterocycles. The summed E-state index contributed by atoms with van der Waals surface area (Å²) in [7, 11) is -3.67. The van der Waals surface area contributed by atoms with Crippen molar-refractivity contribution < 1.29 is 32.3 Å². The van der Waals surface area contributed by atoms with Crippen molar-refractivity contribution in [3.8, 4) is 11.5 Å². The van der Waals surface area contributed by atoms with E-state index in [9.17, 15) is 18.3 Å². The van der Waals surface area contributed by atoms with Gasteiger partial charge in [0.2, 0.25) is 0 Å². The first kappa shape index (κ1) is 27.6. The van der Waals surface area contributed by atoms with Crippen LogP contribution >= 0.6 is 0 Å². The first-order chi connectivity index (χ1) is 14.7. The standard InChI is InChI=1S/C22H29NO4.CH4O3S/c1-15-8-6-7-9-20(15)27-21-11-10-17(12-18(21)14-26-16(2)24)19(25)13-23-22(3,4)5;1-5(2,3)4/h6-12,19,23,25H,13-14H2,1-5H3;1H3,(H,2,3,4). The molecule has 0 aliphatic carbocycles. The molecule has 2 aromatic rings. The highest BCUT2D eigenvalue weighted by Crippen LogP contribution is 2.30. The second kappa shape index (κ2) is 12.0. The number of carbonyl (C=O) groups excluding carboxylic acids is 1. The fourth-order valence-corrected chi connectivity index (χ4v) is 2.51. The maximum absolute atomic E-state index is 11.3. The molecular weight excluding hydrogens is 434 g/mol. The molecule has 0 radical (unpaired) electrons. The van der Waals surface area contributed by atoms with Crippen LogP contribution in [0.5, 0.6) is 11.5 Å². The highest BCUT2D eigenvalue weighted by atomic mass is 32.2. The first-order valence-corrected chi connectivity index (χ1v) is 11.9. The van der Waals surface area contributed by atoms with Crippen LogP contribution in [0.3, 0.4) is 0 Å². The van der Waals surface area contributed by atoms with Crippen LogP contribution in [0.25, 0.3) is 0 Å². The van der Waals surface area contributed by atoms with E-state index in [-0.39, 0.29) is 18.1 Å². The van der Waals surface area contributed by atoms with E-state index < -0.39 is 16.2 Å². The van der Waals surface area contributed by atoms with E-state index in [1.54, 1.807) is 6.07 Å². The molecule has 0 aromatic heterocycles. The minimum atomic E-state index is -3.67. The maximum Gasteiger partial charge on any atom is 0.302 e. The Morgan fingerprint density at radius 1 is 1.12 bits per heavy atom. The van der Waals surface area contributed by atoms with Gasteiger partial charge < -0.3 is 19.9 Å². The molecule has 32 heavy (non-hydrogen) atoms. The summed E-state index contributed by atoms with van der Waals surface area (Å²) in [6.45, 7) is 9.99. The Bertz CT molecular complexity index is 990. The number of aryl methyl sites for hydroxylation is 1. The summed E-state index contributed by atoms with van der Waals surface area (Å²) < 4.78 is 37.1. The van der Waals surface area contributed by atoms with Crippen molar-refractivity contribution in [3.05, 3.63) is 59.2 Å². The Balaban J connectivity index is 0.000000920. The molecule has 0 amide bonds. The predicted molar refractivity (Wildman–Crippen MR) is 123 cm³/mol. The van der Waals surface area contributed by atoms with Crippen LogP contribution in [-0.4, -0.2) is 42.4 Å². The van der Waals surface area contributed by atoms with Crippen LogP contribution in [0.2, 0.25) is 0 Å². The SMILES string of the molecule is CC(=O)OCc1cc(C(O)CNC(C)(C)C)ccc1Oc1ccccc1C.CS(=O)(=O)O. The number of aliphatic hydroxyl groups excluding tert-OH is 1. The van der Waals surface area contributed by atoms with Gasteiger partial charge in [0.1, 0.15) is 18.1 Å². The number of β-amino-alcohol motifs (C(OH)–C–C–N with tert-alkyl or cyclic N) is 1. The lowest BCUT2D eigenvalue weighted by atomic mass is 10.0. The molecule has 0 aliphatic rings. The summed E-state index contributed by atoms with van der Waals surface area (Å²) in [4.78, 5) is 11.3. The van der Waals surface area contributed by atoms with Crippen molar-refractivity contribution in [2.45, 2.75) is 52.9 Å². The van der Waals surface area contributed by atoms with E-state index in [0.29, 0.717) is 24.1 Å². The molecule has 178 valence electrons. The number of rotatable bonds is 7. The average Bonchev–Trinajstić information content (AvgIpc) is 2.65. The largest absolute Gasteiger partial charge is 0.461 e. The van der Waals surface area contributed by atoms with Gasteiger partial charge in [0.05, 0.1) is 12.4 Å².